The summed E-state index contributed by atoms with van der Waals surface area (Å²) in [4.78, 5) is 25.8. The minimum absolute atomic E-state index is 0.0998. The molecular formula is C20H17NO7. The molecule has 0 aliphatic carbocycles. The molecule has 2 aromatic rings. The van der Waals surface area contributed by atoms with Crippen LogP contribution in [0.5, 0.6) is 23.0 Å². The highest BCUT2D eigenvalue weighted by Gasteiger charge is 2.45. The molecule has 8 heteroatoms. The molecule has 0 saturated carbocycles. The van der Waals surface area contributed by atoms with Crippen molar-refractivity contribution in [2.45, 2.75) is 12.1 Å². The van der Waals surface area contributed by atoms with Gasteiger partial charge >= 0.3 is 11.9 Å². The minimum atomic E-state index is -0.998. The maximum absolute atomic E-state index is 12.4. The van der Waals surface area contributed by atoms with Crippen LogP contribution in [-0.2, 0) is 14.3 Å². The lowest BCUT2D eigenvalue weighted by Gasteiger charge is -2.41. The number of methoxy groups -OCH3 is 2. The maximum Gasteiger partial charge on any atom is 0.398 e. The predicted molar refractivity (Wildman–Crippen MR) is 96.8 cm³/mol. The van der Waals surface area contributed by atoms with Crippen LogP contribution in [0.4, 0.5) is 0 Å². The highest BCUT2D eigenvalue weighted by atomic mass is 16.6. The molecule has 144 valence electrons. The SMILES string of the molecule is COc1ccc(C2OC(=O)C(=O)N3C=Cc4cc(OC)c(O)cc4C23)cc1O. The highest BCUT2D eigenvalue weighted by Crippen LogP contribution is 2.47. The standard InChI is InChI=1S/C20H17NO7/c1-26-15-4-3-11(7-13(15)22)18-17-12-9-14(23)16(27-2)8-10(12)5-6-21(17)19(24)20(25)28-18/h3-9,17-18,22-23H,1-2H3. The monoisotopic (exact) mass is 383 g/mol. The van der Waals surface area contributed by atoms with Gasteiger partial charge in [0.05, 0.1) is 14.2 Å². The van der Waals surface area contributed by atoms with Crippen LogP contribution >= 0.6 is 0 Å². The van der Waals surface area contributed by atoms with Crippen molar-refractivity contribution in [1.82, 2.24) is 4.90 Å². The average Bonchev–Trinajstić information content (AvgIpc) is 2.69. The second-order valence-corrected chi connectivity index (χ2v) is 6.38. The smallest absolute Gasteiger partial charge is 0.398 e. The number of rotatable bonds is 3. The topological polar surface area (TPSA) is 106 Å². The van der Waals surface area contributed by atoms with Crippen LogP contribution in [0.2, 0.25) is 0 Å². The number of amides is 1. The maximum atomic E-state index is 12.4. The Morgan fingerprint density at radius 2 is 1.71 bits per heavy atom. The molecular weight excluding hydrogens is 366 g/mol. The number of hydrogen-bond acceptors (Lipinski definition) is 7. The summed E-state index contributed by atoms with van der Waals surface area (Å²) in [5.41, 5.74) is 1.78. The largest absolute Gasteiger partial charge is 0.504 e. The van der Waals surface area contributed by atoms with Crippen molar-refractivity contribution in [3.05, 3.63) is 53.2 Å². The molecule has 2 atom stereocenters. The molecule has 2 unspecified atom stereocenters. The summed E-state index contributed by atoms with van der Waals surface area (Å²) in [6.45, 7) is 0. The molecule has 1 amide bonds. The molecule has 2 aromatic carbocycles. The average molecular weight is 383 g/mol. The molecule has 0 radical (unpaired) electrons. The zero-order chi connectivity index (χ0) is 20.0. The minimum Gasteiger partial charge on any atom is -0.504 e. The van der Waals surface area contributed by atoms with Crippen molar-refractivity contribution < 1.29 is 34.0 Å². The van der Waals surface area contributed by atoms with Gasteiger partial charge in [-0.3, -0.25) is 9.69 Å². The van der Waals surface area contributed by atoms with Crippen molar-refractivity contribution in [2.24, 2.45) is 0 Å². The van der Waals surface area contributed by atoms with Gasteiger partial charge in [-0.1, -0.05) is 6.07 Å². The summed E-state index contributed by atoms with van der Waals surface area (Å²) in [5, 5.41) is 20.4. The van der Waals surface area contributed by atoms with Crippen LogP contribution in [0.25, 0.3) is 6.08 Å². The molecule has 8 nitrogen and oxygen atoms in total. The third kappa shape index (κ3) is 2.61. The van der Waals surface area contributed by atoms with Gasteiger partial charge in [-0.05, 0) is 47.0 Å². The summed E-state index contributed by atoms with van der Waals surface area (Å²) < 4.78 is 15.6. The first-order valence-corrected chi connectivity index (χ1v) is 8.44. The first-order chi connectivity index (χ1) is 13.4. The van der Waals surface area contributed by atoms with Crippen LogP contribution in [0.15, 0.2) is 36.5 Å². The number of morpholine rings is 1. The van der Waals surface area contributed by atoms with Crippen molar-refractivity contribution >= 4 is 18.0 Å². The summed E-state index contributed by atoms with van der Waals surface area (Å²) in [6.07, 6.45) is 2.27. The van der Waals surface area contributed by atoms with E-state index in [1.54, 1.807) is 24.3 Å². The second kappa shape index (κ2) is 6.49. The number of fused-ring (bicyclic) bond motifs is 3. The number of phenolic OH excluding ortho intramolecular Hbond substituents is 2. The fourth-order valence-electron chi connectivity index (χ4n) is 3.54. The zero-order valence-corrected chi connectivity index (χ0v) is 15.1. The van der Waals surface area contributed by atoms with Gasteiger partial charge < -0.3 is 24.4 Å². The highest BCUT2D eigenvalue weighted by molar-refractivity contribution is 6.33. The number of aromatic hydroxyl groups is 2. The Morgan fingerprint density at radius 3 is 2.39 bits per heavy atom. The van der Waals surface area contributed by atoms with Crippen LogP contribution in [0.1, 0.15) is 28.8 Å². The van der Waals surface area contributed by atoms with Crippen molar-refractivity contribution in [3.63, 3.8) is 0 Å². The van der Waals surface area contributed by atoms with E-state index in [1.807, 2.05) is 0 Å². The third-order valence-corrected chi connectivity index (χ3v) is 4.88. The first-order valence-electron chi connectivity index (χ1n) is 8.44. The number of esters is 1. The van der Waals surface area contributed by atoms with E-state index in [2.05, 4.69) is 0 Å². The quantitative estimate of drug-likeness (QED) is 0.619. The molecule has 0 spiro atoms. The summed E-state index contributed by atoms with van der Waals surface area (Å²) in [7, 11) is 2.86. The molecule has 0 bridgehead atoms. The molecule has 4 rings (SSSR count). The van der Waals surface area contributed by atoms with Crippen LogP contribution < -0.4 is 9.47 Å². The second-order valence-electron chi connectivity index (χ2n) is 6.38. The lowest BCUT2D eigenvalue weighted by atomic mass is 9.87. The molecule has 2 aliphatic heterocycles. The molecule has 28 heavy (non-hydrogen) atoms. The van der Waals surface area contributed by atoms with Gasteiger partial charge in [-0.2, -0.15) is 0 Å². The van der Waals surface area contributed by atoms with Gasteiger partial charge in [-0.15, -0.1) is 0 Å². The van der Waals surface area contributed by atoms with E-state index in [9.17, 15) is 19.8 Å². The number of benzene rings is 2. The van der Waals surface area contributed by atoms with E-state index < -0.39 is 24.0 Å². The normalized spacial score (nSPS) is 20.3. The Morgan fingerprint density at radius 1 is 1.00 bits per heavy atom. The molecule has 0 aromatic heterocycles. The number of phenols is 2. The van der Waals surface area contributed by atoms with Gasteiger partial charge in [-0.25, -0.2) is 4.79 Å². The molecule has 2 aliphatic rings. The van der Waals surface area contributed by atoms with Gasteiger partial charge in [0.25, 0.3) is 0 Å². The molecule has 2 N–H and O–H groups in total. The Labute approximate surface area is 160 Å². The Hall–Kier alpha value is -3.68. The number of carbonyl (C=O) groups excluding carboxylic acids is 2. The van der Waals surface area contributed by atoms with Crippen LogP contribution in [0, 0.1) is 0 Å². The van der Waals surface area contributed by atoms with E-state index in [0.717, 1.165) is 0 Å². The summed E-state index contributed by atoms with van der Waals surface area (Å²) >= 11 is 0. The lowest BCUT2D eigenvalue weighted by Crippen LogP contribution is -2.46. The summed E-state index contributed by atoms with van der Waals surface area (Å²) in [6, 6.07) is 7.03. The van der Waals surface area contributed by atoms with Crippen LogP contribution in [0.3, 0.4) is 0 Å². The first kappa shape index (κ1) is 17.7. The lowest BCUT2D eigenvalue weighted by molar-refractivity contribution is -0.176. The van der Waals surface area contributed by atoms with E-state index in [0.29, 0.717) is 16.7 Å². The summed E-state index contributed by atoms with van der Waals surface area (Å²) in [5.74, 6) is -1.47. The fourth-order valence-corrected chi connectivity index (χ4v) is 3.54. The third-order valence-electron chi connectivity index (χ3n) is 4.88. The van der Waals surface area contributed by atoms with E-state index in [-0.39, 0.29) is 23.0 Å². The zero-order valence-electron chi connectivity index (χ0n) is 15.1. The van der Waals surface area contributed by atoms with Crippen molar-refractivity contribution in [3.8, 4) is 23.0 Å². The Kier molecular flexibility index (Phi) is 4.11. The van der Waals surface area contributed by atoms with Crippen LogP contribution in [-0.4, -0.2) is 41.2 Å². The van der Waals surface area contributed by atoms with E-state index in [4.69, 9.17) is 14.2 Å². The van der Waals surface area contributed by atoms with Gasteiger partial charge in [0.1, 0.15) is 6.04 Å². The number of cyclic esters (lactones) is 1. The van der Waals surface area contributed by atoms with Crippen molar-refractivity contribution in [1.29, 1.82) is 0 Å². The number of ether oxygens (including phenoxy) is 3. The number of hydrogen-bond donors (Lipinski definition) is 2. The van der Waals surface area contributed by atoms with Crippen molar-refractivity contribution in [2.75, 3.05) is 14.2 Å². The fraction of sp³-hybridized carbons (Fsp3) is 0.200. The van der Waals surface area contributed by atoms with E-state index >= 15 is 0 Å². The Balaban J connectivity index is 1.86. The van der Waals surface area contributed by atoms with Gasteiger partial charge in [0.15, 0.2) is 29.1 Å². The molecule has 1 saturated heterocycles. The van der Waals surface area contributed by atoms with E-state index in [1.165, 1.54) is 37.5 Å². The predicted octanol–water partition coefficient (Wildman–Crippen LogP) is 2.27. The number of carbonyl (C=O) groups is 2. The number of nitrogens with zero attached hydrogens (tertiary/aromatic N) is 1. The molecule has 1 fully saturated rings. The van der Waals surface area contributed by atoms with Gasteiger partial charge in [0.2, 0.25) is 0 Å². The molecule has 2 heterocycles. The Bertz CT molecular complexity index is 1010. The van der Waals surface area contributed by atoms with Gasteiger partial charge in [0, 0.05) is 6.20 Å².